The van der Waals surface area contributed by atoms with Gasteiger partial charge in [0.1, 0.15) is 0 Å². The molecule has 3 heteroatoms. The first kappa shape index (κ1) is 13.3. The van der Waals surface area contributed by atoms with Gasteiger partial charge >= 0.3 is 0 Å². The van der Waals surface area contributed by atoms with Crippen LogP contribution in [0.2, 0.25) is 0 Å². The molecule has 3 nitrogen and oxygen atoms in total. The van der Waals surface area contributed by atoms with Crippen LogP contribution in [0.4, 0.5) is 0 Å². The van der Waals surface area contributed by atoms with E-state index in [4.69, 9.17) is 0 Å². The van der Waals surface area contributed by atoms with E-state index in [1.54, 1.807) is 0 Å². The van der Waals surface area contributed by atoms with Gasteiger partial charge in [0.05, 0.1) is 6.10 Å². The van der Waals surface area contributed by atoms with Crippen LogP contribution in [0.3, 0.4) is 0 Å². The van der Waals surface area contributed by atoms with E-state index in [1.165, 1.54) is 25.7 Å². The zero-order valence-corrected chi connectivity index (χ0v) is 10.8. The Morgan fingerprint density at radius 1 is 1.00 bits per heavy atom. The molecule has 0 aromatic heterocycles. The summed E-state index contributed by atoms with van der Waals surface area (Å²) >= 11 is 0. The predicted molar refractivity (Wildman–Crippen MR) is 68.9 cm³/mol. The molecule has 0 aromatic rings. The first-order valence-electron chi connectivity index (χ1n) is 7.28. The van der Waals surface area contributed by atoms with Crippen LogP contribution in [-0.4, -0.2) is 35.5 Å². The van der Waals surface area contributed by atoms with E-state index in [0.29, 0.717) is 6.61 Å². The Morgan fingerprint density at radius 3 is 2.41 bits per heavy atom. The molecule has 0 saturated heterocycles. The van der Waals surface area contributed by atoms with E-state index in [2.05, 4.69) is 5.32 Å². The lowest BCUT2D eigenvalue weighted by molar-refractivity contribution is 0.0898. The minimum Gasteiger partial charge on any atom is -0.396 e. The van der Waals surface area contributed by atoms with Gasteiger partial charge in [-0.15, -0.1) is 0 Å². The van der Waals surface area contributed by atoms with Crippen LogP contribution in [0, 0.1) is 5.41 Å². The largest absolute Gasteiger partial charge is 0.396 e. The SMILES string of the molecule is OCC1(CNC2CCCCCC2O)CCCC1. The van der Waals surface area contributed by atoms with E-state index in [9.17, 15) is 10.2 Å². The van der Waals surface area contributed by atoms with Crippen molar-refractivity contribution in [2.75, 3.05) is 13.2 Å². The van der Waals surface area contributed by atoms with Crippen molar-refractivity contribution in [2.24, 2.45) is 5.41 Å². The lowest BCUT2D eigenvalue weighted by Gasteiger charge is -2.31. The van der Waals surface area contributed by atoms with Crippen molar-refractivity contribution < 1.29 is 10.2 Å². The normalized spacial score (nSPS) is 33.5. The molecular weight excluding hydrogens is 214 g/mol. The second-order valence-corrected chi connectivity index (χ2v) is 6.06. The Bertz CT molecular complexity index is 226. The van der Waals surface area contributed by atoms with Crippen LogP contribution in [-0.2, 0) is 0 Å². The molecule has 100 valence electrons. The monoisotopic (exact) mass is 241 g/mol. The Labute approximate surface area is 105 Å². The maximum Gasteiger partial charge on any atom is 0.0693 e. The standard InChI is InChI=1S/C14H27NO2/c16-11-14(8-4-5-9-14)10-15-12-6-2-1-3-7-13(12)17/h12-13,15-17H,1-11H2. The number of nitrogens with one attached hydrogen (secondary N) is 1. The second-order valence-electron chi connectivity index (χ2n) is 6.06. The van der Waals surface area contributed by atoms with Crippen LogP contribution >= 0.6 is 0 Å². The average Bonchev–Trinajstić information content (AvgIpc) is 2.72. The first-order valence-corrected chi connectivity index (χ1v) is 7.28. The van der Waals surface area contributed by atoms with Crippen molar-refractivity contribution in [3.05, 3.63) is 0 Å². The zero-order valence-electron chi connectivity index (χ0n) is 10.8. The molecule has 2 unspecified atom stereocenters. The summed E-state index contributed by atoms with van der Waals surface area (Å²) in [5, 5.41) is 23.2. The number of hydrogen-bond donors (Lipinski definition) is 3. The minimum atomic E-state index is -0.186. The molecule has 17 heavy (non-hydrogen) atoms. The average molecular weight is 241 g/mol. The summed E-state index contributed by atoms with van der Waals surface area (Å²) < 4.78 is 0. The topological polar surface area (TPSA) is 52.5 Å². The molecule has 2 saturated carbocycles. The molecule has 0 radical (unpaired) electrons. The predicted octanol–water partition coefficient (Wildman–Crippen LogP) is 1.82. The van der Waals surface area contributed by atoms with Gasteiger partial charge in [-0.25, -0.2) is 0 Å². The van der Waals surface area contributed by atoms with Crippen molar-refractivity contribution in [2.45, 2.75) is 69.9 Å². The second kappa shape index (κ2) is 6.17. The Morgan fingerprint density at radius 2 is 1.71 bits per heavy atom. The van der Waals surface area contributed by atoms with Crippen LogP contribution < -0.4 is 5.32 Å². The lowest BCUT2D eigenvalue weighted by atomic mass is 9.86. The molecule has 2 atom stereocenters. The number of aliphatic hydroxyl groups excluding tert-OH is 2. The Hall–Kier alpha value is -0.120. The third-order valence-corrected chi connectivity index (χ3v) is 4.72. The first-order chi connectivity index (χ1) is 8.26. The van der Waals surface area contributed by atoms with Crippen LogP contribution in [0.15, 0.2) is 0 Å². The molecule has 2 rings (SSSR count). The summed E-state index contributed by atoms with van der Waals surface area (Å²) in [5.74, 6) is 0. The third-order valence-electron chi connectivity index (χ3n) is 4.72. The quantitative estimate of drug-likeness (QED) is 0.658. The molecule has 2 aliphatic carbocycles. The van der Waals surface area contributed by atoms with Crippen molar-refractivity contribution in [1.29, 1.82) is 0 Å². The summed E-state index contributed by atoms with van der Waals surface area (Å²) in [4.78, 5) is 0. The summed E-state index contributed by atoms with van der Waals surface area (Å²) in [5.41, 5.74) is 0.103. The van der Waals surface area contributed by atoms with Gasteiger partial charge in [0, 0.05) is 24.6 Å². The van der Waals surface area contributed by atoms with E-state index in [1.807, 2.05) is 0 Å². The van der Waals surface area contributed by atoms with E-state index >= 15 is 0 Å². The minimum absolute atomic E-state index is 0.103. The maximum absolute atomic E-state index is 10.1. The molecule has 0 amide bonds. The van der Waals surface area contributed by atoms with Crippen LogP contribution in [0.1, 0.15) is 57.8 Å². The lowest BCUT2D eigenvalue weighted by Crippen LogP contribution is -2.45. The van der Waals surface area contributed by atoms with E-state index < -0.39 is 0 Å². The summed E-state index contributed by atoms with van der Waals surface area (Å²) in [6.07, 6.45) is 10.2. The zero-order chi connectivity index (χ0) is 12.1. The van der Waals surface area contributed by atoms with Crippen molar-refractivity contribution in [3.63, 3.8) is 0 Å². The van der Waals surface area contributed by atoms with E-state index in [0.717, 1.165) is 38.6 Å². The van der Waals surface area contributed by atoms with Crippen molar-refractivity contribution in [3.8, 4) is 0 Å². The molecule has 0 heterocycles. The summed E-state index contributed by atoms with van der Waals surface area (Å²) in [6.45, 7) is 1.17. The molecule has 0 spiro atoms. The third kappa shape index (κ3) is 3.43. The smallest absolute Gasteiger partial charge is 0.0693 e. The fraction of sp³-hybridized carbons (Fsp3) is 1.00. The van der Waals surface area contributed by atoms with E-state index in [-0.39, 0.29) is 17.6 Å². The fourth-order valence-electron chi connectivity index (χ4n) is 3.39. The Kier molecular flexibility index (Phi) is 4.83. The number of rotatable bonds is 4. The molecular formula is C14H27NO2. The van der Waals surface area contributed by atoms with Gasteiger partial charge < -0.3 is 15.5 Å². The molecule has 2 fully saturated rings. The maximum atomic E-state index is 10.1. The van der Waals surface area contributed by atoms with Crippen molar-refractivity contribution >= 4 is 0 Å². The highest BCUT2D eigenvalue weighted by Crippen LogP contribution is 2.37. The molecule has 3 N–H and O–H groups in total. The highest BCUT2D eigenvalue weighted by atomic mass is 16.3. The van der Waals surface area contributed by atoms with Gasteiger partial charge in [0.25, 0.3) is 0 Å². The molecule has 0 aliphatic heterocycles. The van der Waals surface area contributed by atoms with Crippen LogP contribution in [0.25, 0.3) is 0 Å². The van der Waals surface area contributed by atoms with Crippen molar-refractivity contribution in [1.82, 2.24) is 5.32 Å². The molecule has 0 bridgehead atoms. The van der Waals surface area contributed by atoms with Gasteiger partial charge in [-0.05, 0) is 25.7 Å². The van der Waals surface area contributed by atoms with Gasteiger partial charge in [0.2, 0.25) is 0 Å². The van der Waals surface area contributed by atoms with Gasteiger partial charge in [-0.3, -0.25) is 0 Å². The highest BCUT2D eigenvalue weighted by molar-refractivity contribution is 4.89. The fourth-order valence-corrected chi connectivity index (χ4v) is 3.39. The number of hydrogen-bond acceptors (Lipinski definition) is 3. The summed E-state index contributed by atoms with van der Waals surface area (Å²) in [7, 11) is 0. The van der Waals surface area contributed by atoms with Gasteiger partial charge in [-0.1, -0.05) is 32.1 Å². The Balaban J connectivity index is 1.83. The molecule has 2 aliphatic rings. The van der Waals surface area contributed by atoms with Gasteiger partial charge in [0.15, 0.2) is 0 Å². The number of aliphatic hydroxyl groups is 2. The molecule has 0 aromatic carbocycles. The summed E-state index contributed by atoms with van der Waals surface area (Å²) in [6, 6.07) is 0.251. The van der Waals surface area contributed by atoms with Crippen LogP contribution in [0.5, 0.6) is 0 Å². The van der Waals surface area contributed by atoms with Gasteiger partial charge in [-0.2, -0.15) is 0 Å². The highest BCUT2D eigenvalue weighted by Gasteiger charge is 2.34.